The van der Waals surface area contributed by atoms with Gasteiger partial charge in [0.25, 0.3) is 0 Å². The Balaban J connectivity index is 2.04. The van der Waals surface area contributed by atoms with E-state index in [4.69, 9.17) is 0 Å². The van der Waals surface area contributed by atoms with E-state index in [1.54, 1.807) is 0 Å². The van der Waals surface area contributed by atoms with Crippen molar-refractivity contribution in [3.8, 4) is 0 Å². The molecule has 1 heterocycles. The number of benzene rings is 2. The summed E-state index contributed by atoms with van der Waals surface area (Å²) in [6.45, 7) is 0. The molecule has 0 nitrogen and oxygen atoms in total. The van der Waals surface area contributed by atoms with Crippen molar-refractivity contribution in [1.82, 2.24) is 0 Å². The van der Waals surface area contributed by atoms with Crippen LogP contribution in [0.5, 0.6) is 0 Å². The van der Waals surface area contributed by atoms with Crippen molar-refractivity contribution in [2.45, 2.75) is 5.32 Å². The van der Waals surface area contributed by atoms with E-state index in [2.05, 4.69) is 60.7 Å². The first-order valence-corrected chi connectivity index (χ1v) is 7.48. The molecule has 0 amide bonds. The van der Waals surface area contributed by atoms with Crippen molar-refractivity contribution in [3.63, 3.8) is 0 Å². The molecule has 1 heteroatoms. The van der Waals surface area contributed by atoms with E-state index in [0.29, 0.717) is 15.0 Å². The molecule has 0 unspecified atom stereocenters. The Morgan fingerprint density at radius 1 is 0.812 bits per heavy atom. The van der Waals surface area contributed by atoms with Gasteiger partial charge in [0.1, 0.15) is 0 Å². The van der Waals surface area contributed by atoms with Gasteiger partial charge in [-0.1, -0.05) is 0 Å². The zero-order valence-electron chi connectivity index (χ0n) is 8.89. The van der Waals surface area contributed by atoms with Gasteiger partial charge in [0, 0.05) is 0 Å². The summed E-state index contributed by atoms with van der Waals surface area (Å²) in [7, 11) is 0. The van der Waals surface area contributed by atoms with Gasteiger partial charge in [0.2, 0.25) is 0 Å². The average molecular weight is 271 g/mol. The third-order valence-electron chi connectivity index (χ3n) is 2.78. The molecule has 2 aromatic carbocycles. The molecule has 0 radical (unpaired) electrons. The molecule has 0 bridgehead atoms. The van der Waals surface area contributed by atoms with Crippen LogP contribution < -0.4 is 0 Å². The summed E-state index contributed by atoms with van der Waals surface area (Å²) < 4.78 is 1.52. The van der Waals surface area contributed by atoms with Crippen LogP contribution in [-0.4, -0.2) is 15.0 Å². The summed E-state index contributed by atoms with van der Waals surface area (Å²) in [5, 5.41) is 1.23. The molecule has 1 aliphatic heterocycles. The SMILES string of the molecule is C1=C(c2ccccc2)[Se]Cc2ccccc21. The van der Waals surface area contributed by atoms with Crippen LogP contribution in [0.1, 0.15) is 16.7 Å². The minimum absolute atomic E-state index is 0.579. The fourth-order valence-corrected chi connectivity index (χ4v) is 4.19. The van der Waals surface area contributed by atoms with Gasteiger partial charge < -0.3 is 0 Å². The van der Waals surface area contributed by atoms with Gasteiger partial charge in [-0.25, -0.2) is 0 Å². The van der Waals surface area contributed by atoms with E-state index in [1.165, 1.54) is 26.5 Å². The number of rotatable bonds is 1. The van der Waals surface area contributed by atoms with Crippen LogP contribution in [-0.2, 0) is 5.32 Å². The number of hydrogen-bond acceptors (Lipinski definition) is 0. The molecule has 0 aromatic heterocycles. The van der Waals surface area contributed by atoms with E-state index in [1.807, 2.05) is 0 Å². The minimum atomic E-state index is 0.579. The first-order chi connectivity index (χ1) is 7.93. The van der Waals surface area contributed by atoms with Crippen LogP contribution in [0.3, 0.4) is 0 Å². The van der Waals surface area contributed by atoms with Gasteiger partial charge in [0.05, 0.1) is 0 Å². The van der Waals surface area contributed by atoms with E-state index in [9.17, 15) is 0 Å². The predicted molar refractivity (Wildman–Crippen MR) is 70.2 cm³/mol. The Hall–Kier alpha value is -1.30. The topological polar surface area (TPSA) is 0 Å². The van der Waals surface area contributed by atoms with Crippen LogP contribution in [0.2, 0.25) is 0 Å². The van der Waals surface area contributed by atoms with Crippen LogP contribution in [0.15, 0.2) is 54.6 Å². The van der Waals surface area contributed by atoms with E-state index in [0.717, 1.165) is 0 Å². The maximum absolute atomic E-state index is 2.36. The molecule has 3 rings (SSSR count). The van der Waals surface area contributed by atoms with Crippen molar-refractivity contribution in [2.24, 2.45) is 0 Å². The van der Waals surface area contributed by atoms with Gasteiger partial charge in [-0.05, 0) is 0 Å². The molecular weight excluding hydrogens is 259 g/mol. The molecule has 0 fully saturated rings. The van der Waals surface area contributed by atoms with E-state index >= 15 is 0 Å². The maximum atomic E-state index is 2.36. The fourth-order valence-electron chi connectivity index (χ4n) is 1.91. The first-order valence-electron chi connectivity index (χ1n) is 5.41. The van der Waals surface area contributed by atoms with Crippen molar-refractivity contribution < 1.29 is 0 Å². The average Bonchev–Trinajstić information content (AvgIpc) is 2.39. The molecule has 0 spiro atoms. The molecule has 0 saturated carbocycles. The summed E-state index contributed by atoms with van der Waals surface area (Å²) in [6.07, 6.45) is 2.36. The molecule has 0 N–H and O–H groups in total. The van der Waals surface area contributed by atoms with Crippen molar-refractivity contribution in [3.05, 3.63) is 71.3 Å². The third-order valence-corrected chi connectivity index (χ3v) is 5.13. The zero-order chi connectivity index (χ0) is 10.8. The van der Waals surface area contributed by atoms with Crippen molar-refractivity contribution in [2.75, 3.05) is 0 Å². The second-order valence-corrected chi connectivity index (χ2v) is 6.00. The normalized spacial score (nSPS) is 14.1. The Morgan fingerprint density at radius 3 is 2.44 bits per heavy atom. The quantitative estimate of drug-likeness (QED) is 0.697. The van der Waals surface area contributed by atoms with Crippen LogP contribution in [0.4, 0.5) is 0 Å². The Bertz CT molecular complexity index is 526. The summed E-state index contributed by atoms with van der Waals surface area (Å²) in [6, 6.07) is 19.5. The second-order valence-electron chi connectivity index (χ2n) is 3.86. The van der Waals surface area contributed by atoms with E-state index < -0.39 is 0 Å². The van der Waals surface area contributed by atoms with Crippen LogP contribution in [0, 0.1) is 0 Å². The van der Waals surface area contributed by atoms with Gasteiger partial charge in [-0.3, -0.25) is 0 Å². The Kier molecular flexibility index (Phi) is 2.65. The van der Waals surface area contributed by atoms with E-state index in [-0.39, 0.29) is 0 Å². The Morgan fingerprint density at radius 2 is 1.56 bits per heavy atom. The standard InChI is InChI=1S/C15H12Se/c1-2-6-12(7-3-1)15-10-13-8-4-5-9-14(13)11-16-15/h1-10H,11H2. The third kappa shape index (κ3) is 1.84. The number of hydrogen-bond donors (Lipinski definition) is 0. The van der Waals surface area contributed by atoms with Crippen molar-refractivity contribution >= 4 is 25.5 Å². The predicted octanol–water partition coefficient (Wildman–Crippen LogP) is 3.40. The molecule has 1 aliphatic rings. The molecule has 16 heavy (non-hydrogen) atoms. The summed E-state index contributed by atoms with van der Waals surface area (Å²) >= 11 is 0.579. The zero-order valence-corrected chi connectivity index (χ0v) is 10.6. The number of fused-ring (bicyclic) bond motifs is 1. The Labute approximate surface area is 102 Å². The molecule has 0 atom stereocenters. The molecular formula is C15H12Se. The molecule has 78 valence electrons. The summed E-state index contributed by atoms with van der Waals surface area (Å²) in [4.78, 5) is 0. The second kappa shape index (κ2) is 4.29. The van der Waals surface area contributed by atoms with Crippen LogP contribution >= 0.6 is 0 Å². The van der Waals surface area contributed by atoms with Gasteiger partial charge in [-0.15, -0.1) is 0 Å². The molecule has 2 aromatic rings. The van der Waals surface area contributed by atoms with Gasteiger partial charge in [-0.2, -0.15) is 0 Å². The van der Waals surface area contributed by atoms with Crippen molar-refractivity contribution in [1.29, 1.82) is 0 Å². The molecule has 0 aliphatic carbocycles. The monoisotopic (exact) mass is 272 g/mol. The summed E-state index contributed by atoms with van der Waals surface area (Å²) in [5.41, 5.74) is 4.29. The van der Waals surface area contributed by atoms with Crippen LogP contribution in [0.25, 0.3) is 10.5 Å². The fraction of sp³-hybridized carbons (Fsp3) is 0.0667. The molecule has 0 saturated heterocycles. The van der Waals surface area contributed by atoms with Gasteiger partial charge in [0.15, 0.2) is 0 Å². The summed E-state index contributed by atoms with van der Waals surface area (Å²) in [5.74, 6) is 0. The first kappa shape index (κ1) is 9.89. The van der Waals surface area contributed by atoms with Gasteiger partial charge >= 0.3 is 102 Å².